The Morgan fingerprint density at radius 2 is 0.750 bits per heavy atom. The first-order valence-corrected chi connectivity index (χ1v) is 15.3. The highest BCUT2D eigenvalue weighted by Crippen LogP contribution is 2.42. The first kappa shape index (κ1) is 33.1. The molecule has 0 aromatic heterocycles. The van der Waals surface area contributed by atoms with Gasteiger partial charge in [-0.25, -0.2) is 0 Å². The van der Waals surface area contributed by atoms with Gasteiger partial charge in [0.2, 0.25) is 5.78 Å². The van der Waals surface area contributed by atoms with Crippen LogP contribution in [-0.4, -0.2) is 42.4 Å². The molecular formula is C33H50O7. The average Bonchev–Trinajstić information content (AvgIpc) is 2.93. The van der Waals surface area contributed by atoms with Gasteiger partial charge in [-0.1, -0.05) is 79.1 Å². The molecule has 2 N–H and O–H groups in total. The van der Waals surface area contributed by atoms with Crippen molar-refractivity contribution in [1.29, 1.82) is 0 Å². The van der Waals surface area contributed by atoms with Gasteiger partial charge in [-0.3, -0.25) is 4.79 Å². The van der Waals surface area contributed by atoms with Gasteiger partial charge in [-0.2, -0.15) is 0 Å². The van der Waals surface area contributed by atoms with E-state index in [1.807, 2.05) is 0 Å². The number of phenols is 2. The molecule has 7 nitrogen and oxygen atoms in total. The summed E-state index contributed by atoms with van der Waals surface area (Å²) in [6, 6.07) is 5.84. The summed E-state index contributed by atoms with van der Waals surface area (Å²) in [6.07, 6.45) is 11.4. The molecule has 0 fully saturated rings. The number of rotatable bonds is 22. The van der Waals surface area contributed by atoms with E-state index in [0.717, 1.165) is 77.0 Å². The molecule has 0 aliphatic heterocycles. The van der Waals surface area contributed by atoms with E-state index in [1.165, 1.54) is 24.3 Å². The highest BCUT2D eigenvalue weighted by molar-refractivity contribution is 6.16. The molecule has 0 aliphatic carbocycles. The summed E-state index contributed by atoms with van der Waals surface area (Å²) in [4.78, 5) is 14.4. The molecular weight excluding hydrogens is 508 g/mol. The lowest BCUT2D eigenvalue weighted by molar-refractivity contribution is 0.102. The van der Waals surface area contributed by atoms with Crippen molar-refractivity contribution in [3.8, 4) is 34.5 Å². The maximum Gasteiger partial charge on any atom is 0.208 e. The smallest absolute Gasteiger partial charge is 0.208 e. The molecule has 0 heterocycles. The standard InChI is InChI=1S/C33H50O7/c1-5-9-13-17-37-27-21-25(34)22-28(38-18-14-10-6-2)31(27)33(36)32-29(39-19-15-11-7-3)23-26(35)24-30(32)40-20-16-12-8-4/h21-24,34-35H,5-20H2,1-4H3. The number of ether oxygens (including phenoxy) is 4. The summed E-state index contributed by atoms with van der Waals surface area (Å²) in [5, 5.41) is 21.0. The van der Waals surface area contributed by atoms with Crippen LogP contribution in [-0.2, 0) is 0 Å². The Kier molecular flexibility index (Phi) is 15.8. The van der Waals surface area contributed by atoms with Crippen LogP contribution in [0.2, 0.25) is 0 Å². The van der Waals surface area contributed by atoms with Crippen LogP contribution in [0.15, 0.2) is 24.3 Å². The van der Waals surface area contributed by atoms with Crippen molar-refractivity contribution in [2.45, 2.75) is 105 Å². The number of carbonyl (C=O) groups is 1. The van der Waals surface area contributed by atoms with E-state index >= 15 is 0 Å². The van der Waals surface area contributed by atoms with Crippen molar-refractivity contribution in [2.24, 2.45) is 0 Å². The lowest BCUT2D eigenvalue weighted by atomic mass is 9.98. The monoisotopic (exact) mass is 558 g/mol. The molecule has 0 saturated heterocycles. The Balaban J connectivity index is 2.58. The Hall–Kier alpha value is -3.09. The second-order valence-corrected chi connectivity index (χ2v) is 10.2. The highest BCUT2D eigenvalue weighted by atomic mass is 16.5. The van der Waals surface area contributed by atoms with E-state index < -0.39 is 5.78 Å². The molecule has 2 aromatic carbocycles. The van der Waals surface area contributed by atoms with E-state index in [4.69, 9.17) is 18.9 Å². The fraction of sp³-hybridized carbons (Fsp3) is 0.606. The molecule has 0 amide bonds. The van der Waals surface area contributed by atoms with Gasteiger partial charge in [0, 0.05) is 24.3 Å². The Labute approximate surface area is 240 Å². The zero-order valence-corrected chi connectivity index (χ0v) is 25.1. The van der Waals surface area contributed by atoms with E-state index in [-0.39, 0.29) is 45.6 Å². The zero-order chi connectivity index (χ0) is 29.2. The molecule has 0 saturated carbocycles. The lowest BCUT2D eigenvalue weighted by Crippen LogP contribution is -2.14. The van der Waals surface area contributed by atoms with Gasteiger partial charge in [0.25, 0.3) is 0 Å². The molecule has 0 unspecified atom stereocenters. The van der Waals surface area contributed by atoms with E-state index in [0.29, 0.717) is 26.4 Å². The van der Waals surface area contributed by atoms with Crippen LogP contribution in [0.5, 0.6) is 34.5 Å². The molecule has 224 valence electrons. The molecule has 0 aliphatic rings. The first-order chi connectivity index (χ1) is 19.5. The zero-order valence-electron chi connectivity index (χ0n) is 25.1. The minimum absolute atomic E-state index is 0.0367. The molecule has 0 atom stereocenters. The van der Waals surface area contributed by atoms with Gasteiger partial charge in [0.05, 0.1) is 26.4 Å². The van der Waals surface area contributed by atoms with E-state index in [2.05, 4.69) is 27.7 Å². The molecule has 40 heavy (non-hydrogen) atoms. The molecule has 0 radical (unpaired) electrons. The van der Waals surface area contributed by atoms with Crippen LogP contribution in [0.1, 0.15) is 121 Å². The number of benzene rings is 2. The first-order valence-electron chi connectivity index (χ1n) is 15.3. The fourth-order valence-electron chi connectivity index (χ4n) is 4.32. The minimum atomic E-state index is -0.396. The minimum Gasteiger partial charge on any atom is -0.508 e. The third kappa shape index (κ3) is 10.8. The summed E-state index contributed by atoms with van der Waals surface area (Å²) < 4.78 is 24.3. The van der Waals surface area contributed by atoms with Crippen molar-refractivity contribution in [1.82, 2.24) is 0 Å². The second-order valence-electron chi connectivity index (χ2n) is 10.2. The predicted molar refractivity (Wildman–Crippen MR) is 160 cm³/mol. The van der Waals surface area contributed by atoms with Crippen LogP contribution in [0.3, 0.4) is 0 Å². The Morgan fingerprint density at radius 3 is 0.975 bits per heavy atom. The topological polar surface area (TPSA) is 94.5 Å². The Bertz CT molecular complexity index is 872. The molecule has 0 spiro atoms. The van der Waals surface area contributed by atoms with Crippen molar-refractivity contribution in [2.75, 3.05) is 26.4 Å². The summed E-state index contributed by atoms with van der Waals surface area (Å²) in [5.41, 5.74) is 0.432. The van der Waals surface area contributed by atoms with E-state index in [9.17, 15) is 15.0 Å². The number of carbonyl (C=O) groups excluding carboxylic acids is 1. The van der Waals surface area contributed by atoms with Gasteiger partial charge in [-0.05, 0) is 25.7 Å². The van der Waals surface area contributed by atoms with Gasteiger partial charge < -0.3 is 29.2 Å². The number of phenolic OH excluding ortho intramolecular Hbond substituents is 2. The molecule has 0 bridgehead atoms. The fourth-order valence-corrected chi connectivity index (χ4v) is 4.32. The summed E-state index contributed by atoms with van der Waals surface area (Å²) >= 11 is 0. The maximum atomic E-state index is 14.4. The third-order valence-electron chi connectivity index (χ3n) is 6.58. The van der Waals surface area contributed by atoms with Gasteiger partial charge in [0.15, 0.2) is 0 Å². The summed E-state index contributed by atoms with van der Waals surface area (Å²) in [5.74, 6) is 0.562. The quantitative estimate of drug-likeness (QED) is 0.110. The van der Waals surface area contributed by atoms with Crippen molar-refractivity contribution >= 4 is 5.78 Å². The number of hydrogen-bond donors (Lipinski definition) is 2. The predicted octanol–water partition coefficient (Wildman–Crippen LogP) is 8.60. The number of ketones is 1. The largest absolute Gasteiger partial charge is 0.508 e. The van der Waals surface area contributed by atoms with Crippen molar-refractivity contribution in [3.05, 3.63) is 35.4 Å². The highest BCUT2D eigenvalue weighted by Gasteiger charge is 2.29. The van der Waals surface area contributed by atoms with Crippen LogP contribution >= 0.6 is 0 Å². The van der Waals surface area contributed by atoms with E-state index in [1.54, 1.807) is 0 Å². The van der Waals surface area contributed by atoms with Gasteiger partial charge >= 0.3 is 0 Å². The number of hydrogen-bond acceptors (Lipinski definition) is 7. The van der Waals surface area contributed by atoms with Crippen molar-refractivity contribution < 1.29 is 34.0 Å². The summed E-state index contributed by atoms with van der Waals surface area (Å²) in [7, 11) is 0. The molecule has 2 aromatic rings. The number of unbranched alkanes of at least 4 members (excludes halogenated alkanes) is 8. The van der Waals surface area contributed by atoms with Crippen LogP contribution < -0.4 is 18.9 Å². The maximum absolute atomic E-state index is 14.4. The van der Waals surface area contributed by atoms with Crippen LogP contribution in [0.25, 0.3) is 0 Å². The average molecular weight is 559 g/mol. The molecule has 2 rings (SSSR count). The Morgan fingerprint density at radius 1 is 0.500 bits per heavy atom. The van der Waals surface area contributed by atoms with Gasteiger partial charge in [0.1, 0.15) is 45.6 Å². The van der Waals surface area contributed by atoms with Crippen molar-refractivity contribution in [3.63, 3.8) is 0 Å². The summed E-state index contributed by atoms with van der Waals surface area (Å²) in [6.45, 7) is 10.1. The van der Waals surface area contributed by atoms with Crippen LogP contribution in [0, 0.1) is 0 Å². The third-order valence-corrected chi connectivity index (χ3v) is 6.58. The SMILES string of the molecule is CCCCCOc1cc(O)cc(OCCCCC)c1C(=O)c1c(OCCCCC)cc(O)cc1OCCCCC. The second kappa shape index (κ2) is 19.1. The normalized spacial score (nSPS) is 10.9. The molecule has 7 heteroatoms. The van der Waals surface area contributed by atoms with Gasteiger partial charge in [-0.15, -0.1) is 0 Å². The number of aromatic hydroxyl groups is 2. The van der Waals surface area contributed by atoms with Crippen LogP contribution in [0.4, 0.5) is 0 Å². The lowest BCUT2D eigenvalue weighted by Gasteiger charge is -2.20.